The van der Waals surface area contributed by atoms with Crippen molar-refractivity contribution >= 4 is 17.4 Å². The highest BCUT2D eigenvalue weighted by Crippen LogP contribution is 2.23. The van der Waals surface area contributed by atoms with Gasteiger partial charge in [0.2, 0.25) is 0 Å². The van der Waals surface area contributed by atoms with Crippen LogP contribution in [0.25, 0.3) is 0 Å². The van der Waals surface area contributed by atoms with Gasteiger partial charge in [-0.1, -0.05) is 23.7 Å². The number of rotatable bonds is 3. The van der Waals surface area contributed by atoms with E-state index in [0.717, 1.165) is 0 Å². The smallest absolute Gasteiger partial charge is 0.159 e. The first-order chi connectivity index (χ1) is 8.15. The van der Waals surface area contributed by atoms with Crippen molar-refractivity contribution in [1.29, 1.82) is 0 Å². The van der Waals surface area contributed by atoms with Crippen molar-refractivity contribution in [2.45, 2.75) is 6.92 Å². The summed E-state index contributed by atoms with van der Waals surface area (Å²) in [6.45, 7) is 1.51. The van der Waals surface area contributed by atoms with Crippen LogP contribution in [0, 0.1) is 0 Å². The van der Waals surface area contributed by atoms with E-state index in [2.05, 4.69) is 4.98 Å². The van der Waals surface area contributed by atoms with Gasteiger partial charge in [-0.05, 0) is 19.1 Å². The number of Topliss-reactive ketones (excluding diaryl/α,β-unsaturated/α-hetero) is 1. The lowest BCUT2D eigenvalue weighted by molar-refractivity contribution is 0.101. The lowest BCUT2D eigenvalue weighted by Crippen LogP contribution is -1.92. The van der Waals surface area contributed by atoms with Crippen LogP contribution in [0.3, 0.4) is 0 Å². The Kier molecular flexibility index (Phi) is 3.40. The summed E-state index contributed by atoms with van der Waals surface area (Å²) in [7, 11) is 0. The molecule has 0 radical (unpaired) electrons. The SMILES string of the molecule is CC(=O)c1cccc(Oc2cncc(Cl)c2)c1. The first-order valence-corrected chi connectivity index (χ1v) is 5.42. The molecule has 0 saturated carbocycles. The molecule has 2 rings (SSSR count). The van der Waals surface area contributed by atoms with Crippen LogP contribution in [-0.4, -0.2) is 10.8 Å². The predicted octanol–water partition coefficient (Wildman–Crippen LogP) is 3.73. The molecule has 1 aromatic carbocycles. The number of ether oxygens (including phenoxy) is 1. The largest absolute Gasteiger partial charge is 0.456 e. The van der Waals surface area contributed by atoms with Crippen LogP contribution in [0.5, 0.6) is 11.5 Å². The zero-order chi connectivity index (χ0) is 12.3. The Balaban J connectivity index is 2.24. The third kappa shape index (κ3) is 3.04. The Morgan fingerprint density at radius 2 is 2.06 bits per heavy atom. The van der Waals surface area contributed by atoms with Crippen LogP contribution in [0.2, 0.25) is 5.02 Å². The fraction of sp³-hybridized carbons (Fsp3) is 0.0769. The van der Waals surface area contributed by atoms with Gasteiger partial charge in [0, 0.05) is 17.8 Å². The maximum Gasteiger partial charge on any atom is 0.159 e. The zero-order valence-corrected chi connectivity index (χ0v) is 9.94. The summed E-state index contributed by atoms with van der Waals surface area (Å²) in [5, 5.41) is 0.505. The van der Waals surface area contributed by atoms with Crippen molar-refractivity contribution < 1.29 is 9.53 Å². The molecule has 0 spiro atoms. The quantitative estimate of drug-likeness (QED) is 0.776. The second kappa shape index (κ2) is 4.97. The molecule has 86 valence electrons. The zero-order valence-electron chi connectivity index (χ0n) is 9.18. The Morgan fingerprint density at radius 1 is 1.24 bits per heavy atom. The fourth-order valence-corrected chi connectivity index (χ4v) is 1.53. The maximum absolute atomic E-state index is 11.2. The van der Waals surface area contributed by atoms with Crippen molar-refractivity contribution in [3.8, 4) is 11.5 Å². The molecule has 17 heavy (non-hydrogen) atoms. The van der Waals surface area contributed by atoms with E-state index in [0.29, 0.717) is 22.1 Å². The van der Waals surface area contributed by atoms with Gasteiger partial charge in [-0.3, -0.25) is 9.78 Å². The first-order valence-electron chi connectivity index (χ1n) is 5.04. The summed E-state index contributed by atoms with van der Waals surface area (Å²) >= 11 is 5.80. The molecule has 2 aromatic rings. The molecule has 0 aliphatic rings. The molecule has 3 nitrogen and oxygen atoms in total. The third-order valence-electron chi connectivity index (χ3n) is 2.16. The van der Waals surface area contributed by atoms with E-state index < -0.39 is 0 Å². The Morgan fingerprint density at radius 3 is 2.76 bits per heavy atom. The highest BCUT2D eigenvalue weighted by atomic mass is 35.5. The van der Waals surface area contributed by atoms with Crippen LogP contribution in [0.1, 0.15) is 17.3 Å². The molecular formula is C13H10ClNO2. The molecule has 0 atom stereocenters. The van der Waals surface area contributed by atoms with E-state index in [1.807, 2.05) is 0 Å². The summed E-state index contributed by atoms with van der Waals surface area (Å²) in [6.07, 6.45) is 3.09. The average molecular weight is 248 g/mol. The highest BCUT2D eigenvalue weighted by Gasteiger charge is 2.03. The van der Waals surface area contributed by atoms with Gasteiger partial charge in [-0.2, -0.15) is 0 Å². The van der Waals surface area contributed by atoms with Crippen LogP contribution in [-0.2, 0) is 0 Å². The van der Waals surface area contributed by atoms with Crippen LogP contribution < -0.4 is 4.74 Å². The second-order valence-corrected chi connectivity index (χ2v) is 3.96. The standard InChI is InChI=1S/C13H10ClNO2/c1-9(16)10-3-2-4-12(5-10)17-13-6-11(14)7-15-8-13/h2-8H,1H3. The van der Waals surface area contributed by atoms with E-state index in [4.69, 9.17) is 16.3 Å². The molecule has 0 amide bonds. The monoisotopic (exact) mass is 247 g/mol. The third-order valence-corrected chi connectivity index (χ3v) is 2.36. The van der Waals surface area contributed by atoms with Crippen molar-refractivity contribution in [2.24, 2.45) is 0 Å². The summed E-state index contributed by atoms with van der Waals surface area (Å²) in [6, 6.07) is 8.63. The summed E-state index contributed by atoms with van der Waals surface area (Å²) in [5.74, 6) is 1.12. The molecule has 0 aliphatic heterocycles. The molecule has 4 heteroatoms. The van der Waals surface area contributed by atoms with Crippen LogP contribution in [0.15, 0.2) is 42.7 Å². The van der Waals surface area contributed by atoms with E-state index >= 15 is 0 Å². The molecule has 0 bridgehead atoms. The number of aromatic nitrogens is 1. The average Bonchev–Trinajstić information content (AvgIpc) is 2.29. The normalized spacial score (nSPS) is 10.0. The van der Waals surface area contributed by atoms with Gasteiger partial charge >= 0.3 is 0 Å². The number of nitrogens with zero attached hydrogens (tertiary/aromatic N) is 1. The lowest BCUT2D eigenvalue weighted by Gasteiger charge is -2.06. The number of hydrogen-bond donors (Lipinski definition) is 0. The minimum atomic E-state index is -0.000306. The van der Waals surface area contributed by atoms with E-state index in [1.54, 1.807) is 36.5 Å². The number of ketones is 1. The second-order valence-electron chi connectivity index (χ2n) is 3.52. The van der Waals surface area contributed by atoms with Crippen molar-refractivity contribution in [2.75, 3.05) is 0 Å². The molecule has 1 heterocycles. The Bertz CT molecular complexity index is 555. The van der Waals surface area contributed by atoms with Gasteiger partial charge in [0.1, 0.15) is 11.5 Å². The maximum atomic E-state index is 11.2. The van der Waals surface area contributed by atoms with Crippen LogP contribution in [0.4, 0.5) is 0 Å². The van der Waals surface area contributed by atoms with Gasteiger partial charge < -0.3 is 4.74 Å². The van der Waals surface area contributed by atoms with Gasteiger partial charge in [0.15, 0.2) is 5.78 Å². The number of halogens is 1. The number of carbonyl (C=O) groups excluding carboxylic acids is 1. The number of benzene rings is 1. The van der Waals surface area contributed by atoms with E-state index in [-0.39, 0.29) is 5.78 Å². The summed E-state index contributed by atoms with van der Waals surface area (Å²) in [4.78, 5) is 15.1. The number of carbonyl (C=O) groups is 1. The molecule has 0 N–H and O–H groups in total. The molecule has 0 aliphatic carbocycles. The van der Waals surface area contributed by atoms with Gasteiger partial charge in [0.05, 0.1) is 11.2 Å². The first kappa shape index (κ1) is 11.6. The number of pyridine rings is 1. The van der Waals surface area contributed by atoms with Crippen molar-refractivity contribution in [3.63, 3.8) is 0 Å². The highest BCUT2D eigenvalue weighted by molar-refractivity contribution is 6.30. The Hall–Kier alpha value is -1.87. The number of hydrogen-bond acceptors (Lipinski definition) is 3. The Labute approximate surface area is 104 Å². The predicted molar refractivity (Wildman–Crippen MR) is 65.8 cm³/mol. The van der Waals surface area contributed by atoms with E-state index in [9.17, 15) is 4.79 Å². The lowest BCUT2D eigenvalue weighted by atomic mass is 10.1. The molecule has 0 unspecified atom stereocenters. The minimum Gasteiger partial charge on any atom is -0.456 e. The molecule has 0 fully saturated rings. The van der Waals surface area contributed by atoms with E-state index in [1.165, 1.54) is 13.1 Å². The molecular weight excluding hydrogens is 238 g/mol. The molecule has 0 saturated heterocycles. The van der Waals surface area contributed by atoms with Gasteiger partial charge in [-0.15, -0.1) is 0 Å². The fourth-order valence-electron chi connectivity index (χ4n) is 1.36. The topological polar surface area (TPSA) is 39.2 Å². The van der Waals surface area contributed by atoms with Crippen molar-refractivity contribution in [3.05, 3.63) is 53.3 Å². The van der Waals surface area contributed by atoms with Gasteiger partial charge in [-0.25, -0.2) is 0 Å². The van der Waals surface area contributed by atoms with Crippen molar-refractivity contribution in [1.82, 2.24) is 4.98 Å². The van der Waals surface area contributed by atoms with Gasteiger partial charge in [0.25, 0.3) is 0 Å². The summed E-state index contributed by atoms with van der Waals surface area (Å²) < 4.78 is 5.55. The van der Waals surface area contributed by atoms with Crippen LogP contribution >= 0.6 is 11.6 Å². The minimum absolute atomic E-state index is 0.000306. The summed E-state index contributed by atoms with van der Waals surface area (Å²) in [5.41, 5.74) is 0.609. The molecule has 1 aromatic heterocycles.